The summed E-state index contributed by atoms with van der Waals surface area (Å²) in [5, 5.41) is 13.5. The molecule has 5 rings (SSSR count). The van der Waals surface area contributed by atoms with E-state index in [0.29, 0.717) is 37.2 Å². The Kier molecular flexibility index (Phi) is 7.93. The van der Waals surface area contributed by atoms with E-state index in [1.165, 1.54) is 32.1 Å². The van der Waals surface area contributed by atoms with Crippen molar-refractivity contribution in [1.82, 2.24) is 35.0 Å². The molecule has 1 saturated carbocycles. The van der Waals surface area contributed by atoms with E-state index in [0.717, 1.165) is 42.8 Å². The van der Waals surface area contributed by atoms with Crippen LogP contribution in [0, 0.1) is 0 Å². The summed E-state index contributed by atoms with van der Waals surface area (Å²) in [6.45, 7) is 7.25. The Labute approximate surface area is 211 Å². The second kappa shape index (κ2) is 11.5. The monoisotopic (exact) mass is 495 g/mol. The van der Waals surface area contributed by atoms with Crippen LogP contribution in [0.25, 0.3) is 10.9 Å². The normalized spacial score (nSPS) is 19.1. The maximum Gasteiger partial charge on any atom is 0.253 e. The van der Waals surface area contributed by atoms with Crippen molar-refractivity contribution in [2.45, 2.75) is 57.7 Å². The number of pyridine rings is 1. The molecule has 194 valence electrons. The lowest BCUT2D eigenvalue weighted by molar-refractivity contribution is 0.0612. The summed E-state index contributed by atoms with van der Waals surface area (Å²) >= 11 is 0. The maximum absolute atomic E-state index is 13.4. The second-order valence-corrected chi connectivity index (χ2v) is 9.76. The number of tetrazole rings is 1. The molecule has 3 aromatic rings. The molecule has 10 heteroatoms. The summed E-state index contributed by atoms with van der Waals surface area (Å²) in [7, 11) is 1.66. The van der Waals surface area contributed by atoms with Crippen LogP contribution in [0.4, 0.5) is 0 Å². The number of nitrogens with zero attached hydrogens (tertiary/aromatic N) is 6. The fraction of sp³-hybridized carbons (Fsp3) is 0.615. The lowest BCUT2D eigenvalue weighted by atomic mass is 9.93. The Morgan fingerprint density at radius 3 is 2.67 bits per heavy atom. The van der Waals surface area contributed by atoms with Crippen molar-refractivity contribution in [3.05, 3.63) is 46.0 Å². The number of piperazine rings is 1. The van der Waals surface area contributed by atoms with Gasteiger partial charge in [0.1, 0.15) is 11.8 Å². The molecule has 0 spiro atoms. The highest BCUT2D eigenvalue weighted by Crippen LogP contribution is 2.30. The molecule has 1 N–H and O–H groups in total. The van der Waals surface area contributed by atoms with Gasteiger partial charge >= 0.3 is 0 Å². The van der Waals surface area contributed by atoms with Gasteiger partial charge in [0.15, 0.2) is 5.82 Å². The first kappa shape index (κ1) is 24.9. The second-order valence-electron chi connectivity index (χ2n) is 9.76. The SMILES string of the molecule is CCOc1ccc2[nH]c(=O)c([C@H](c3nnnn3CCOC)N3CCN(C4CCCCC4)CC3)cc2c1. The smallest absolute Gasteiger partial charge is 0.253 e. The molecule has 0 amide bonds. The Morgan fingerprint density at radius 2 is 1.92 bits per heavy atom. The van der Waals surface area contributed by atoms with Crippen molar-refractivity contribution in [2.75, 3.05) is 46.5 Å². The van der Waals surface area contributed by atoms with E-state index < -0.39 is 0 Å². The molecule has 0 radical (unpaired) electrons. The van der Waals surface area contributed by atoms with Gasteiger partial charge in [0.05, 0.1) is 19.8 Å². The maximum atomic E-state index is 13.4. The Balaban J connectivity index is 1.49. The minimum absolute atomic E-state index is 0.118. The number of ether oxygens (including phenoxy) is 2. The lowest BCUT2D eigenvalue weighted by Gasteiger charge is -2.42. The number of fused-ring (bicyclic) bond motifs is 1. The number of methoxy groups -OCH3 is 1. The highest BCUT2D eigenvalue weighted by Gasteiger charge is 2.34. The Morgan fingerprint density at radius 1 is 1.11 bits per heavy atom. The number of hydrogen-bond acceptors (Lipinski definition) is 8. The average molecular weight is 496 g/mol. The zero-order valence-electron chi connectivity index (χ0n) is 21.4. The van der Waals surface area contributed by atoms with E-state index in [1.54, 1.807) is 11.8 Å². The minimum atomic E-state index is -0.353. The molecule has 1 atom stereocenters. The first-order valence-corrected chi connectivity index (χ1v) is 13.2. The van der Waals surface area contributed by atoms with Gasteiger partial charge in [-0.05, 0) is 54.5 Å². The van der Waals surface area contributed by atoms with E-state index in [2.05, 4.69) is 30.3 Å². The molecular weight excluding hydrogens is 458 g/mol. The van der Waals surface area contributed by atoms with Crippen LogP contribution < -0.4 is 10.3 Å². The van der Waals surface area contributed by atoms with Gasteiger partial charge in [0.25, 0.3) is 5.56 Å². The van der Waals surface area contributed by atoms with Crippen LogP contribution in [-0.2, 0) is 11.3 Å². The number of rotatable bonds is 9. The standard InChI is InChI=1S/C26H37N7O3/c1-3-36-21-9-10-23-19(17-21)18-22(26(34)27-23)24(25-28-29-30-33(25)15-16-35-2)32-13-11-31(12-14-32)20-7-5-4-6-8-20/h9-10,17-18,20,24H,3-8,11-16H2,1-2H3,(H,27,34)/t24-/m1/s1. The third kappa shape index (κ3) is 5.30. The largest absolute Gasteiger partial charge is 0.494 e. The molecule has 1 saturated heterocycles. The first-order chi connectivity index (χ1) is 17.7. The quantitative estimate of drug-likeness (QED) is 0.483. The van der Waals surface area contributed by atoms with Gasteiger partial charge in [0.2, 0.25) is 0 Å². The van der Waals surface area contributed by atoms with E-state index in [1.807, 2.05) is 31.2 Å². The molecule has 2 aromatic heterocycles. The molecule has 1 aliphatic carbocycles. The molecule has 2 aliphatic rings. The summed E-state index contributed by atoms with van der Waals surface area (Å²) in [4.78, 5) is 21.5. The third-order valence-corrected chi connectivity index (χ3v) is 7.57. The summed E-state index contributed by atoms with van der Waals surface area (Å²) in [5.41, 5.74) is 1.32. The van der Waals surface area contributed by atoms with E-state index >= 15 is 0 Å². The molecule has 10 nitrogen and oxygen atoms in total. The van der Waals surface area contributed by atoms with Gasteiger partial charge in [-0.3, -0.25) is 14.6 Å². The van der Waals surface area contributed by atoms with Gasteiger partial charge in [-0.25, -0.2) is 4.68 Å². The molecule has 1 aromatic carbocycles. The molecule has 2 fully saturated rings. The van der Waals surface area contributed by atoms with Crippen LogP contribution in [0.2, 0.25) is 0 Å². The predicted molar refractivity (Wildman–Crippen MR) is 137 cm³/mol. The highest BCUT2D eigenvalue weighted by molar-refractivity contribution is 5.80. The summed E-state index contributed by atoms with van der Waals surface area (Å²) in [6, 6.07) is 8.07. The number of aromatic nitrogens is 5. The zero-order valence-corrected chi connectivity index (χ0v) is 21.4. The van der Waals surface area contributed by atoms with Crippen LogP contribution >= 0.6 is 0 Å². The predicted octanol–water partition coefficient (Wildman–Crippen LogP) is 2.60. The van der Waals surface area contributed by atoms with Crippen LogP contribution in [0.1, 0.15) is 56.5 Å². The molecule has 3 heterocycles. The van der Waals surface area contributed by atoms with Crippen molar-refractivity contribution in [2.24, 2.45) is 0 Å². The number of nitrogens with one attached hydrogen (secondary N) is 1. The fourth-order valence-electron chi connectivity index (χ4n) is 5.71. The number of aromatic amines is 1. The topological polar surface area (TPSA) is 101 Å². The van der Waals surface area contributed by atoms with Gasteiger partial charge in [-0.15, -0.1) is 5.10 Å². The van der Waals surface area contributed by atoms with Crippen LogP contribution in [0.15, 0.2) is 29.1 Å². The zero-order chi connectivity index (χ0) is 24.9. The van der Waals surface area contributed by atoms with Gasteiger partial charge < -0.3 is 14.5 Å². The van der Waals surface area contributed by atoms with Gasteiger partial charge in [-0.2, -0.15) is 0 Å². The van der Waals surface area contributed by atoms with E-state index in [9.17, 15) is 4.79 Å². The Bertz CT molecular complexity index is 1200. The number of hydrogen-bond donors (Lipinski definition) is 1. The van der Waals surface area contributed by atoms with E-state index in [4.69, 9.17) is 9.47 Å². The Hall–Kier alpha value is -2.82. The number of H-pyrrole nitrogens is 1. The first-order valence-electron chi connectivity index (χ1n) is 13.2. The van der Waals surface area contributed by atoms with Gasteiger partial charge in [0, 0.05) is 55.8 Å². The van der Waals surface area contributed by atoms with Crippen molar-refractivity contribution in [3.63, 3.8) is 0 Å². The lowest BCUT2D eigenvalue weighted by Crippen LogP contribution is -2.52. The highest BCUT2D eigenvalue weighted by atomic mass is 16.5. The molecular formula is C26H37N7O3. The van der Waals surface area contributed by atoms with Crippen molar-refractivity contribution < 1.29 is 9.47 Å². The number of benzene rings is 1. The fourth-order valence-corrected chi connectivity index (χ4v) is 5.71. The van der Waals surface area contributed by atoms with Gasteiger partial charge in [-0.1, -0.05) is 19.3 Å². The van der Waals surface area contributed by atoms with Crippen molar-refractivity contribution in [3.8, 4) is 5.75 Å². The van der Waals surface area contributed by atoms with Crippen LogP contribution in [0.5, 0.6) is 5.75 Å². The summed E-state index contributed by atoms with van der Waals surface area (Å²) < 4.78 is 12.8. The van der Waals surface area contributed by atoms with Crippen molar-refractivity contribution in [1.29, 1.82) is 0 Å². The average Bonchev–Trinajstić information content (AvgIpc) is 3.37. The third-order valence-electron chi connectivity index (χ3n) is 7.57. The molecule has 0 bridgehead atoms. The summed E-state index contributed by atoms with van der Waals surface area (Å²) in [6.07, 6.45) is 6.62. The van der Waals surface area contributed by atoms with E-state index in [-0.39, 0.29) is 11.6 Å². The minimum Gasteiger partial charge on any atom is -0.494 e. The van der Waals surface area contributed by atoms with Crippen molar-refractivity contribution >= 4 is 10.9 Å². The van der Waals surface area contributed by atoms with Crippen LogP contribution in [0.3, 0.4) is 0 Å². The molecule has 36 heavy (non-hydrogen) atoms. The summed E-state index contributed by atoms with van der Waals surface area (Å²) in [5.74, 6) is 1.45. The molecule has 1 aliphatic heterocycles. The molecule has 0 unspecified atom stereocenters. The van der Waals surface area contributed by atoms with Crippen LogP contribution in [-0.4, -0.2) is 87.5 Å².